The van der Waals surface area contributed by atoms with Gasteiger partial charge in [-0.1, -0.05) is 22.0 Å². The number of aryl methyl sites for hydroxylation is 1. The average Bonchev–Trinajstić information content (AvgIpc) is 2.21. The lowest BCUT2D eigenvalue weighted by Crippen LogP contribution is -2.28. The van der Waals surface area contributed by atoms with E-state index in [1.807, 2.05) is 6.07 Å². The fraction of sp³-hybridized carbons (Fsp3) is 0.333. The van der Waals surface area contributed by atoms with Gasteiger partial charge in [0.25, 0.3) is 0 Å². The summed E-state index contributed by atoms with van der Waals surface area (Å²) in [6.45, 7) is 2.07. The molecule has 0 heterocycles. The van der Waals surface area contributed by atoms with Crippen LogP contribution in [0.15, 0.2) is 22.7 Å². The summed E-state index contributed by atoms with van der Waals surface area (Å²) in [6, 6.07) is 6.30. The minimum atomic E-state index is 0.133. The third-order valence-electron chi connectivity index (χ3n) is 2.39. The Kier molecular flexibility index (Phi) is 4.83. The summed E-state index contributed by atoms with van der Waals surface area (Å²) in [5.41, 5.74) is 5.22. The highest BCUT2D eigenvalue weighted by molar-refractivity contribution is 9.10. The zero-order valence-electron chi connectivity index (χ0n) is 8.76. The Balaban J connectivity index is 2.87. The summed E-state index contributed by atoms with van der Waals surface area (Å²) in [5, 5.41) is 0. The second kappa shape index (κ2) is 5.92. The average molecular weight is 267 g/mol. The van der Waals surface area contributed by atoms with Gasteiger partial charge in [-0.2, -0.15) is 0 Å². The number of nitrogens with one attached hydrogen (secondary N) is 1. The highest BCUT2D eigenvalue weighted by Gasteiger charge is 2.11. The molecule has 1 unspecified atom stereocenters. The third-order valence-corrected chi connectivity index (χ3v) is 2.88. The lowest BCUT2D eigenvalue weighted by atomic mass is 9.98. The number of hydrogen-bond acceptors (Lipinski definition) is 2. The van der Waals surface area contributed by atoms with E-state index in [4.69, 9.17) is 12.3 Å². The van der Waals surface area contributed by atoms with Crippen LogP contribution in [0.4, 0.5) is 0 Å². The van der Waals surface area contributed by atoms with Crippen molar-refractivity contribution >= 4 is 15.9 Å². The predicted molar refractivity (Wildman–Crippen MR) is 67.0 cm³/mol. The molecule has 80 valence electrons. The van der Waals surface area contributed by atoms with Crippen LogP contribution in [0.5, 0.6) is 0 Å². The molecule has 15 heavy (non-hydrogen) atoms. The number of terminal acetylenes is 1. The first-order valence-corrected chi connectivity index (χ1v) is 5.64. The lowest BCUT2D eigenvalue weighted by Gasteiger charge is -2.17. The van der Waals surface area contributed by atoms with Crippen LogP contribution in [0.1, 0.15) is 30.0 Å². The molecule has 0 radical (unpaired) electrons. The van der Waals surface area contributed by atoms with Crippen LogP contribution in [0.2, 0.25) is 0 Å². The Morgan fingerprint density at radius 3 is 2.87 bits per heavy atom. The zero-order chi connectivity index (χ0) is 11.3. The number of rotatable bonds is 4. The van der Waals surface area contributed by atoms with Crippen LogP contribution in [-0.2, 0) is 0 Å². The monoisotopic (exact) mass is 266 g/mol. The van der Waals surface area contributed by atoms with Crippen molar-refractivity contribution in [2.45, 2.75) is 25.8 Å². The van der Waals surface area contributed by atoms with E-state index in [-0.39, 0.29) is 6.04 Å². The summed E-state index contributed by atoms with van der Waals surface area (Å²) >= 11 is 3.44. The summed E-state index contributed by atoms with van der Waals surface area (Å²) in [5.74, 6) is 8.15. The van der Waals surface area contributed by atoms with E-state index in [2.05, 4.69) is 46.3 Å². The Labute approximate surface area is 99.3 Å². The Bertz CT molecular complexity index is 368. The van der Waals surface area contributed by atoms with Gasteiger partial charge in [0.15, 0.2) is 0 Å². The van der Waals surface area contributed by atoms with Crippen molar-refractivity contribution in [2.24, 2.45) is 5.84 Å². The molecule has 0 amide bonds. The van der Waals surface area contributed by atoms with E-state index in [0.29, 0.717) is 0 Å². The maximum absolute atomic E-state index is 5.52. The van der Waals surface area contributed by atoms with Crippen molar-refractivity contribution in [1.29, 1.82) is 0 Å². The molecule has 1 rings (SSSR count). The van der Waals surface area contributed by atoms with Gasteiger partial charge in [0, 0.05) is 16.9 Å². The first kappa shape index (κ1) is 12.3. The van der Waals surface area contributed by atoms with Crippen LogP contribution < -0.4 is 11.3 Å². The number of halogens is 1. The summed E-state index contributed by atoms with van der Waals surface area (Å²) in [7, 11) is 0. The molecule has 0 aliphatic rings. The first-order valence-electron chi connectivity index (χ1n) is 4.84. The van der Waals surface area contributed by atoms with E-state index in [0.717, 1.165) is 17.3 Å². The highest BCUT2D eigenvalue weighted by atomic mass is 79.9. The highest BCUT2D eigenvalue weighted by Crippen LogP contribution is 2.24. The molecule has 1 aromatic carbocycles. The molecule has 0 saturated heterocycles. The van der Waals surface area contributed by atoms with Gasteiger partial charge in [0.1, 0.15) is 0 Å². The van der Waals surface area contributed by atoms with Gasteiger partial charge in [0.05, 0.1) is 0 Å². The van der Waals surface area contributed by atoms with E-state index < -0.39 is 0 Å². The Morgan fingerprint density at radius 2 is 2.33 bits per heavy atom. The van der Waals surface area contributed by atoms with Crippen LogP contribution >= 0.6 is 15.9 Å². The number of nitrogens with two attached hydrogens (primary N) is 1. The van der Waals surface area contributed by atoms with Gasteiger partial charge in [-0.15, -0.1) is 12.3 Å². The second-order valence-corrected chi connectivity index (χ2v) is 4.38. The molecule has 0 aliphatic carbocycles. The number of hydrazine groups is 1. The van der Waals surface area contributed by atoms with Crippen molar-refractivity contribution in [3.05, 3.63) is 33.8 Å². The molecular weight excluding hydrogens is 252 g/mol. The van der Waals surface area contributed by atoms with Crippen LogP contribution in [0.3, 0.4) is 0 Å². The molecule has 1 atom stereocenters. The predicted octanol–water partition coefficient (Wildman–Crippen LogP) is 2.68. The molecule has 0 saturated carbocycles. The van der Waals surface area contributed by atoms with Crippen molar-refractivity contribution < 1.29 is 0 Å². The smallest absolute Gasteiger partial charge is 0.0471 e. The SMILES string of the molecule is C#CCCC(NN)c1ccc(Br)cc1C. The zero-order valence-corrected chi connectivity index (χ0v) is 10.3. The van der Waals surface area contributed by atoms with Crippen molar-refractivity contribution in [3.63, 3.8) is 0 Å². The van der Waals surface area contributed by atoms with Crippen LogP contribution in [0, 0.1) is 19.3 Å². The maximum Gasteiger partial charge on any atom is 0.0471 e. The van der Waals surface area contributed by atoms with Crippen molar-refractivity contribution in [1.82, 2.24) is 5.43 Å². The number of benzene rings is 1. The van der Waals surface area contributed by atoms with E-state index in [1.165, 1.54) is 11.1 Å². The molecule has 0 bridgehead atoms. The minimum absolute atomic E-state index is 0.133. The molecule has 3 heteroatoms. The minimum Gasteiger partial charge on any atom is -0.271 e. The molecule has 3 N–H and O–H groups in total. The normalized spacial score (nSPS) is 12.1. The van der Waals surface area contributed by atoms with Gasteiger partial charge in [0.2, 0.25) is 0 Å². The Hall–Kier alpha value is -0.820. The van der Waals surface area contributed by atoms with Gasteiger partial charge >= 0.3 is 0 Å². The second-order valence-electron chi connectivity index (χ2n) is 3.46. The quantitative estimate of drug-likeness (QED) is 0.500. The van der Waals surface area contributed by atoms with E-state index in [1.54, 1.807) is 0 Å². The van der Waals surface area contributed by atoms with Gasteiger partial charge in [-0.25, -0.2) is 0 Å². The lowest BCUT2D eigenvalue weighted by molar-refractivity contribution is 0.521. The van der Waals surface area contributed by atoms with E-state index in [9.17, 15) is 0 Å². The third kappa shape index (κ3) is 3.35. The van der Waals surface area contributed by atoms with Gasteiger partial charge < -0.3 is 0 Å². The first-order chi connectivity index (χ1) is 7.19. The van der Waals surface area contributed by atoms with E-state index >= 15 is 0 Å². The molecule has 1 aromatic rings. The Morgan fingerprint density at radius 1 is 1.60 bits per heavy atom. The summed E-state index contributed by atoms with van der Waals surface area (Å²) in [6.07, 6.45) is 6.83. The summed E-state index contributed by atoms with van der Waals surface area (Å²) < 4.78 is 1.08. The van der Waals surface area contributed by atoms with Crippen LogP contribution in [0.25, 0.3) is 0 Å². The standard InChI is InChI=1S/C12H15BrN2/c1-3-4-5-12(15-14)11-7-6-10(13)8-9(11)2/h1,6-8,12,15H,4-5,14H2,2H3. The van der Waals surface area contributed by atoms with Gasteiger partial charge in [-0.3, -0.25) is 11.3 Å². The number of hydrogen-bond donors (Lipinski definition) is 2. The molecule has 0 spiro atoms. The van der Waals surface area contributed by atoms with Gasteiger partial charge in [-0.05, 0) is 36.6 Å². The molecule has 0 fully saturated rings. The summed E-state index contributed by atoms with van der Waals surface area (Å²) in [4.78, 5) is 0. The largest absolute Gasteiger partial charge is 0.271 e. The van der Waals surface area contributed by atoms with Crippen molar-refractivity contribution in [3.8, 4) is 12.3 Å². The molecule has 0 aromatic heterocycles. The van der Waals surface area contributed by atoms with Crippen LogP contribution in [-0.4, -0.2) is 0 Å². The molecular formula is C12H15BrN2. The topological polar surface area (TPSA) is 38.0 Å². The fourth-order valence-corrected chi connectivity index (χ4v) is 2.06. The fourth-order valence-electron chi connectivity index (χ4n) is 1.59. The maximum atomic E-state index is 5.52. The molecule has 2 nitrogen and oxygen atoms in total. The molecule has 0 aliphatic heterocycles. The van der Waals surface area contributed by atoms with Crippen molar-refractivity contribution in [2.75, 3.05) is 0 Å².